The molecular weight excluding hydrogens is 426 g/mol. The van der Waals surface area contributed by atoms with Crippen LogP contribution in [0.5, 0.6) is 0 Å². The van der Waals surface area contributed by atoms with Gasteiger partial charge in [0.15, 0.2) is 0 Å². The van der Waals surface area contributed by atoms with Crippen molar-refractivity contribution >= 4 is 27.5 Å². The summed E-state index contributed by atoms with van der Waals surface area (Å²) in [5.74, 6) is -0.831. The summed E-state index contributed by atoms with van der Waals surface area (Å²) in [4.78, 5) is 25.5. The van der Waals surface area contributed by atoms with Crippen LogP contribution in [0.1, 0.15) is 36.5 Å². The van der Waals surface area contributed by atoms with Crippen molar-refractivity contribution in [1.82, 2.24) is 9.62 Å². The first-order valence-electron chi connectivity index (χ1n) is 10.8. The average molecular weight is 458 g/mol. The van der Waals surface area contributed by atoms with Gasteiger partial charge < -0.3 is 10.6 Å². The summed E-state index contributed by atoms with van der Waals surface area (Å²) >= 11 is 0. The van der Waals surface area contributed by atoms with Gasteiger partial charge in [-0.3, -0.25) is 9.59 Å². The van der Waals surface area contributed by atoms with Crippen LogP contribution in [0, 0.1) is 26.7 Å². The number of aryl methyl sites for hydroxylation is 3. The molecule has 1 aliphatic rings. The summed E-state index contributed by atoms with van der Waals surface area (Å²) in [7, 11) is -3.57. The first-order valence-corrected chi connectivity index (χ1v) is 12.3. The summed E-state index contributed by atoms with van der Waals surface area (Å²) in [6.07, 6.45) is 0.838. The Kier molecular flexibility index (Phi) is 7.36. The van der Waals surface area contributed by atoms with Crippen molar-refractivity contribution < 1.29 is 18.0 Å². The molecule has 32 heavy (non-hydrogen) atoms. The van der Waals surface area contributed by atoms with E-state index in [1.165, 1.54) is 4.31 Å². The zero-order chi connectivity index (χ0) is 23.5. The van der Waals surface area contributed by atoms with Gasteiger partial charge in [-0.05, 0) is 69.9 Å². The maximum absolute atomic E-state index is 12.8. The zero-order valence-electron chi connectivity index (χ0n) is 19.0. The Labute approximate surface area is 190 Å². The fourth-order valence-electron chi connectivity index (χ4n) is 3.73. The Morgan fingerprint density at radius 1 is 0.969 bits per heavy atom. The third kappa shape index (κ3) is 5.55. The summed E-state index contributed by atoms with van der Waals surface area (Å²) in [5, 5.41) is 5.64. The number of piperidine rings is 1. The molecular formula is C24H31N3O4S. The molecule has 2 aromatic rings. The van der Waals surface area contributed by atoms with Crippen molar-refractivity contribution in [2.45, 2.75) is 51.5 Å². The van der Waals surface area contributed by atoms with Crippen LogP contribution in [-0.4, -0.2) is 43.7 Å². The van der Waals surface area contributed by atoms with Crippen LogP contribution in [0.3, 0.4) is 0 Å². The van der Waals surface area contributed by atoms with Crippen molar-refractivity contribution in [1.29, 1.82) is 0 Å². The maximum Gasteiger partial charge on any atom is 0.246 e. The van der Waals surface area contributed by atoms with E-state index in [0.717, 1.165) is 22.4 Å². The highest BCUT2D eigenvalue weighted by Crippen LogP contribution is 2.24. The first-order chi connectivity index (χ1) is 15.1. The summed E-state index contributed by atoms with van der Waals surface area (Å²) in [6.45, 7) is 7.97. The van der Waals surface area contributed by atoms with Gasteiger partial charge in [-0.2, -0.15) is 4.31 Å². The first kappa shape index (κ1) is 23.9. The lowest BCUT2D eigenvalue weighted by Gasteiger charge is -2.31. The van der Waals surface area contributed by atoms with Crippen molar-refractivity contribution in [3.8, 4) is 0 Å². The van der Waals surface area contributed by atoms with Gasteiger partial charge in [0.25, 0.3) is 0 Å². The second-order valence-electron chi connectivity index (χ2n) is 8.53. The Bertz CT molecular complexity index is 1090. The van der Waals surface area contributed by atoms with Gasteiger partial charge in [0.2, 0.25) is 21.8 Å². The van der Waals surface area contributed by atoms with Crippen molar-refractivity contribution in [3.05, 3.63) is 59.2 Å². The third-order valence-corrected chi connectivity index (χ3v) is 7.80. The molecule has 172 valence electrons. The lowest BCUT2D eigenvalue weighted by Crippen LogP contribution is -2.47. The summed E-state index contributed by atoms with van der Waals surface area (Å²) < 4.78 is 27.1. The number of rotatable bonds is 6. The zero-order valence-corrected chi connectivity index (χ0v) is 19.8. The second kappa shape index (κ2) is 9.83. The van der Waals surface area contributed by atoms with Gasteiger partial charge in [0.05, 0.1) is 4.90 Å². The highest BCUT2D eigenvalue weighted by molar-refractivity contribution is 7.89. The van der Waals surface area contributed by atoms with Crippen LogP contribution >= 0.6 is 0 Å². The standard InChI is InChI=1S/C24H31N3O4S/c1-16-6-9-21(10-7-16)32(30,31)27-13-11-20(12-14-27)24(29)25-19(4)23(28)26-22-15-17(2)5-8-18(22)3/h5-10,15,19-20H,11-14H2,1-4H3,(H,25,29)(H,26,28)/t19-/m1/s1. The van der Waals surface area contributed by atoms with E-state index in [9.17, 15) is 18.0 Å². The van der Waals surface area contributed by atoms with Crippen molar-refractivity contribution in [2.24, 2.45) is 5.92 Å². The Morgan fingerprint density at radius 3 is 2.19 bits per heavy atom. The number of amides is 2. The highest BCUT2D eigenvalue weighted by atomic mass is 32.2. The second-order valence-corrected chi connectivity index (χ2v) is 10.5. The van der Waals surface area contributed by atoms with Crippen LogP contribution in [0.15, 0.2) is 47.4 Å². The van der Waals surface area contributed by atoms with E-state index in [1.54, 1.807) is 31.2 Å². The molecule has 0 spiro atoms. The predicted octanol–water partition coefficient (Wildman–Crippen LogP) is 3.16. The van der Waals surface area contributed by atoms with Crippen LogP contribution < -0.4 is 10.6 Å². The Hall–Kier alpha value is -2.71. The molecule has 0 saturated carbocycles. The predicted molar refractivity (Wildman–Crippen MR) is 125 cm³/mol. The Morgan fingerprint density at radius 2 is 1.56 bits per heavy atom. The van der Waals surface area contributed by atoms with Gasteiger partial charge in [0.1, 0.15) is 6.04 Å². The number of anilines is 1. The average Bonchev–Trinajstić information content (AvgIpc) is 2.76. The fourth-order valence-corrected chi connectivity index (χ4v) is 5.20. The molecule has 2 aromatic carbocycles. The largest absolute Gasteiger partial charge is 0.344 e. The van der Waals surface area contributed by atoms with Gasteiger partial charge in [0, 0.05) is 24.7 Å². The van der Waals surface area contributed by atoms with Crippen LogP contribution in [-0.2, 0) is 19.6 Å². The van der Waals surface area contributed by atoms with Crippen LogP contribution in [0.2, 0.25) is 0 Å². The summed E-state index contributed by atoms with van der Waals surface area (Å²) in [6, 6.07) is 11.9. The minimum atomic E-state index is -3.57. The van der Waals surface area contributed by atoms with Gasteiger partial charge >= 0.3 is 0 Å². The molecule has 8 heteroatoms. The number of hydrogen-bond donors (Lipinski definition) is 2. The number of nitrogens with zero attached hydrogens (tertiary/aromatic N) is 1. The van der Waals surface area contributed by atoms with Crippen molar-refractivity contribution in [2.75, 3.05) is 18.4 Å². The number of carbonyl (C=O) groups excluding carboxylic acids is 2. The molecule has 0 radical (unpaired) electrons. The molecule has 1 atom stereocenters. The van der Waals surface area contributed by atoms with E-state index in [2.05, 4.69) is 10.6 Å². The van der Waals surface area contributed by atoms with Gasteiger partial charge in [-0.1, -0.05) is 29.8 Å². The van der Waals surface area contributed by atoms with Crippen molar-refractivity contribution in [3.63, 3.8) is 0 Å². The maximum atomic E-state index is 12.8. The lowest BCUT2D eigenvalue weighted by atomic mass is 9.97. The molecule has 7 nitrogen and oxygen atoms in total. The minimum Gasteiger partial charge on any atom is -0.344 e. The Balaban J connectivity index is 1.54. The van der Waals surface area contributed by atoms with Crippen LogP contribution in [0.25, 0.3) is 0 Å². The monoisotopic (exact) mass is 457 g/mol. The molecule has 1 aliphatic heterocycles. The molecule has 0 bridgehead atoms. The molecule has 2 amide bonds. The molecule has 1 heterocycles. The van der Waals surface area contributed by atoms with Gasteiger partial charge in [-0.25, -0.2) is 8.42 Å². The fraction of sp³-hybridized carbons (Fsp3) is 0.417. The topological polar surface area (TPSA) is 95.6 Å². The molecule has 2 N–H and O–H groups in total. The number of sulfonamides is 1. The smallest absolute Gasteiger partial charge is 0.246 e. The van der Waals surface area contributed by atoms with E-state index in [4.69, 9.17) is 0 Å². The SMILES string of the molecule is Cc1ccc(S(=O)(=O)N2CCC(C(=O)N[C@H](C)C(=O)Nc3cc(C)ccc3C)CC2)cc1. The third-order valence-electron chi connectivity index (χ3n) is 5.89. The number of hydrogen-bond acceptors (Lipinski definition) is 4. The van der Waals surface area contributed by atoms with E-state index in [0.29, 0.717) is 12.8 Å². The van der Waals surface area contributed by atoms with Crippen LogP contribution in [0.4, 0.5) is 5.69 Å². The quantitative estimate of drug-likeness (QED) is 0.697. The molecule has 1 fully saturated rings. The normalized spacial score (nSPS) is 16.4. The molecule has 0 aromatic heterocycles. The van der Waals surface area contributed by atoms with E-state index < -0.39 is 16.1 Å². The number of nitrogens with one attached hydrogen (secondary N) is 2. The molecule has 1 saturated heterocycles. The van der Waals surface area contributed by atoms with Gasteiger partial charge in [-0.15, -0.1) is 0 Å². The van der Waals surface area contributed by atoms with E-state index in [-0.39, 0.29) is 35.7 Å². The van der Waals surface area contributed by atoms with E-state index >= 15 is 0 Å². The lowest BCUT2D eigenvalue weighted by molar-refractivity contribution is -0.129. The molecule has 3 rings (SSSR count). The summed E-state index contributed by atoms with van der Waals surface area (Å²) in [5.41, 5.74) is 3.71. The molecule has 0 unspecified atom stereocenters. The number of carbonyl (C=O) groups is 2. The van der Waals surface area contributed by atoms with E-state index in [1.807, 2.05) is 39.0 Å². The molecule has 0 aliphatic carbocycles. The number of benzene rings is 2. The minimum absolute atomic E-state index is 0.221. The highest BCUT2D eigenvalue weighted by Gasteiger charge is 2.33.